The predicted octanol–water partition coefficient (Wildman–Crippen LogP) is 3.21. The lowest BCUT2D eigenvalue weighted by molar-refractivity contribution is -0.138. The van der Waals surface area contributed by atoms with Crippen molar-refractivity contribution in [2.24, 2.45) is 0 Å². The zero-order valence-electron chi connectivity index (χ0n) is 12.5. The maximum atomic E-state index is 12.2. The Balaban J connectivity index is 2.06. The Hall–Kier alpha value is -2.04. The van der Waals surface area contributed by atoms with E-state index in [2.05, 4.69) is 10.6 Å². The van der Waals surface area contributed by atoms with E-state index < -0.39 is 11.5 Å². The lowest BCUT2D eigenvalue weighted by Gasteiger charge is -2.28. The van der Waals surface area contributed by atoms with Gasteiger partial charge in [0, 0.05) is 5.69 Å². The first kappa shape index (κ1) is 15.4. The molecule has 1 aliphatic carbocycles. The highest BCUT2D eigenvalue weighted by atomic mass is 16.4. The summed E-state index contributed by atoms with van der Waals surface area (Å²) in [5, 5.41) is 14.8. The van der Waals surface area contributed by atoms with E-state index in [4.69, 9.17) is 5.11 Å². The van der Waals surface area contributed by atoms with Crippen LogP contribution in [0.25, 0.3) is 0 Å². The van der Waals surface area contributed by atoms with Crippen molar-refractivity contribution in [1.82, 2.24) is 5.32 Å². The highest BCUT2D eigenvalue weighted by molar-refractivity contribution is 5.91. The third kappa shape index (κ3) is 3.74. The SMILES string of the molecule is Cc1cccc(NC(=O)NC2(CC(=O)O)CCCC2)c1C. The summed E-state index contributed by atoms with van der Waals surface area (Å²) in [6.45, 7) is 3.94. The average molecular weight is 290 g/mol. The van der Waals surface area contributed by atoms with Crippen LogP contribution in [0.1, 0.15) is 43.2 Å². The molecule has 5 heteroatoms. The molecule has 0 aromatic heterocycles. The highest BCUT2D eigenvalue weighted by Crippen LogP contribution is 2.32. The Kier molecular flexibility index (Phi) is 4.50. The van der Waals surface area contributed by atoms with Gasteiger partial charge in [0.1, 0.15) is 0 Å². The molecule has 0 heterocycles. The standard InChI is InChI=1S/C16H22N2O3/c1-11-6-5-7-13(12(11)2)17-15(21)18-16(10-14(19)20)8-3-4-9-16/h5-7H,3-4,8-10H2,1-2H3,(H,19,20)(H2,17,18,21). The van der Waals surface area contributed by atoms with E-state index in [0.29, 0.717) is 0 Å². The van der Waals surface area contributed by atoms with Crippen LogP contribution >= 0.6 is 0 Å². The molecule has 1 aromatic carbocycles. The number of carboxylic acids is 1. The van der Waals surface area contributed by atoms with Crippen LogP contribution in [0.5, 0.6) is 0 Å². The summed E-state index contributed by atoms with van der Waals surface area (Å²) < 4.78 is 0. The molecular formula is C16H22N2O3. The van der Waals surface area contributed by atoms with Crippen molar-refractivity contribution >= 4 is 17.7 Å². The first-order valence-corrected chi connectivity index (χ1v) is 7.29. The fourth-order valence-corrected chi connectivity index (χ4v) is 2.97. The minimum Gasteiger partial charge on any atom is -0.481 e. The number of carboxylic acid groups (broad SMARTS) is 1. The van der Waals surface area contributed by atoms with Gasteiger partial charge in [-0.15, -0.1) is 0 Å². The fraction of sp³-hybridized carbons (Fsp3) is 0.500. The number of amides is 2. The molecule has 0 aliphatic heterocycles. The number of carbonyl (C=O) groups excluding carboxylic acids is 1. The van der Waals surface area contributed by atoms with Crippen molar-refractivity contribution in [2.75, 3.05) is 5.32 Å². The van der Waals surface area contributed by atoms with E-state index >= 15 is 0 Å². The zero-order valence-corrected chi connectivity index (χ0v) is 12.5. The summed E-state index contributed by atoms with van der Waals surface area (Å²) in [7, 11) is 0. The second-order valence-corrected chi connectivity index (χ2v) is 5.88. The molecule has 1 saturated carbocycles. The van der Waals surface area contributed by atoms with Crippen LogP contribution in [0.4, 0.5) is 10.5 Å². The maximum absolute atomic E-state index is 12.2. The van der Waals surface area contributed by atoms with Crippen molar-refractivity contribution < 1.29 is 14.7 Å². The van der Waals surface area contributed by atoms with Gasteiger partial charge >= 0.3 is 12.0 Å². The first-order chi connectivity index (χ1) is 9.92. The number of hydrogen-bond donors (Lipinski definition) is 3. The van der Waals surface area contributed by atoms with Crippen LogP contribution < -0.4 is 10.6 Å². The monoisotopic (exact) mass is 290 g/mol. The molecular weight excluding hydrogens is 268 g/mol. The predicted molar refractivity (Wildman–Crippen MR) is 81.5 cm³/mol. The lowest BCUT2D eigenvalue weighted by Crippen LogP contribution is -2.49. The summed E-state index contributed by atoms with van der Waals surface area (Å²) in [5.74, 6) is -0.871. The van der Waals surface area contributed by atoms with Crippen LogP contribution in [-0.4, -0.2) is 22.6 Å². The number of carbonyl (C=O) groups is 2. The molecule has 0 unspecified atom stereocenters. The van der Waals surface area contributed by atoms with Gasteiger partial charge in [0.25, 0.3) is 0 Å². The van der Waals surface area contributed by atoms with E-state index in [-0.39, 0.29) is 12.5 Å². The van der Waals surface area contributed by atoms with Gasteiger partial charge in [0.15, 0.2) is 0 Å². The summed E-state index contributed by atoms with van der Waals surface area (Å²) in [6, 6.07) is 5.40. The van der Waals surface area contributed by atoms with Crippen molar-refractivity contribution in [3.05, 3.63) is 29.3 Å². The molecule has 21 heavy (non-hydrogen) atoms. The number of aliphatic carboxylic acids is 1. The number of rotatable bonds is 4. The Labute approximate surface area is 124 Å². The number of urea groups is 1. The Morgan fingerprint density at radius 3 is 2.52 bits per heavy atom. The highest BCUT2D eigenvalue weighted by Gasteiger charge is 2.37. The third-order valence-electron chi connectivity index (χ3n) is 4.28. The van der Waals surface area contributed by atoms with E-state index in [1.807, 2.05) is 32.0 Å². The van der Waals surface area contributed by atoms with Gasteiger partial charge in [0.05, 0.1) is 12.0 Å². The van der Waals surface area contributed by atoms with Gasteiger partial charge in [-0.05, 0) is 43.9 Å². The molecule has 2 amide bonds. The molecule has 0 saturated heterocycles. The molecule has 0 bridgehead atoms. The van der Waals surface area contributed by atoms with Crippen LogP contribution in [0, 0.1) is 13.8 Å². The van der Waals surface area contributed by atoms with E-state index in [1.54, 1.807) is 0 Å². The second kappa shape index (κ2) is 6.16. The van der Waals surface area contributed by atoms with Crippen LogP contribution in [-0.2, 0) is 4.79 Å². The minimum atomic E-state index is -0.871. The third-order valence-corrected chi connectivity index (χ3v) is 4.28. The number of aryl methyl sites for hydroxylation is 1. The van der Waals surface area contributed by atoms with Gasteiger partial charge < -0.3 is 15.7 Å². The summed E-state index contributed by atoms with van der Waals surface area (Å²) in [6.07, 6.45) is 3.33. The van der Waals surface area contributed by atoms with Crippen molar-refractivity contribution in [2.45, 2.75) is 51.5 Å². The van der Waals surface area contributed by atoms with Gasteiger partial charge in [-0.2, -0.15) is 0 Å². The molecule has 5 nitrogen and oxygen atoms in total. The lowest BCUT2D eigenvalue weighted by atomic mass is 9.93. The Morgan fingerprint density at radius 1 is 1.24 bits per heavy atom. The molecule has 1 fully saturated rings. The van der Waals surface area contributed by atoms with Gasteiger partial charge in [-0.25, -0.2) is 4.79 Å². The van der Waals surface area contributed by atoms with E-state index in [1.165, 1.54) is 0 Å². The number of benzene rings is 1. The number of hydrogen-bond acceptors (Lipinski definition) is 2. The molecule has 1 aromatic rings. The van der Waals surface area contributed by atoms with E-state index in [0.717, 1.165) is 42.5 Å². The molecule has 1 aliphatic rings. The summed E-state index contributed by atoms with van der Waals surface area (Å²) in [4.78, 5) is 23.2. The van der Waals surface area contributed by atoms with Crippen molar-refractivity contribution in [1.29, 1.82) is 0 Å². The molecule has 3 N–H and O–H groups in total. The van der Waals surface area contributed by atoms with Crippen molar-refractivity contribution in [3.8, 4) is 0 Å². The van der Waals surface area contributed by atoms with Crippen LogP contribution in [0.3, 0.4) is 0 Å². The molecule has 114 valence electrons. The van der Waals surface area contributed by atoms with E-state index in [9.17, 15) is 9.59 Å². The second-order valence-electron chi connectivity index (χ2n) is 5.88. The van der Waals surface area contributed by atoms with Crippen LogP contribution in [0.2, 0.25) is 0 Å². The molecule has 0 radical (unpaired) electrons. The van der Waals surface area contributed by atoms with Crippen LogP contribution in [0.15, 0.2) is 18.2 Å². The van der Waals surface area contributed by atoms with Gasteiger partial charge in [0.2, 0.25) is 0 Å². The number of nitrogens with one attached hydrogen (secondary N) is 2. The maximum Gasteiger partial charge on any atom is 0.319 e. The smallest absolute Gasteiger partial charge is 0.319 e. The minimum absolute atomic E-state index is 0.0206. The zero-order chi connectivity index (χ0) is 15.5. The fourth-order valence-electron chi connectivity index (χ4n) is 2.97. The number of anilines is 1. The van der Waals surface area contributed by atoms with Gasteiger partial charge in [-0.3, -0.25) is 4.79 Å². The largest absolute Gasteiger partial charge is 0.481 e. The summed E-state index contributed by atoms with van der Waals surface area (Å²) in [5.41, 5.74) is 2.28. The van der Waals surface area contributed by atoms with Crippen molar-refractivity contribution in [3.63, 3.8) is 0 Å². The quantitative estimate of drug-likeness (QED) is 0.796. The summed E-state index contributed by atoms with van der Waals surface area (Å²) >= 11 is 0. The molecule has 0 spiro atoms. The normalized spacial score (nSPS) is 16.5. The molecule has 2 rings (SSSR count). The first-order valence-electron chi connectivity index (χ1n) is 7.29. The average Bonchev–Trinajstić information content (AvgIpc) is 2.82. The molecule has 0 atom stereocenters. The van der Waals surface area contributed by atoms with Gasteiger partial charge in [-0.1, -0.05) is 25.0 Å². The topological polar surface area (TPSA) is 78.4 Å². The Bertz CT molecular complexity index is 548. The Morgan fingerprint density at radius 2 is 1.90 bits per heavy atom.